The molecule has 0 fully saturated rings. The minimum absolute atomic E-state index is 0.196. The number of nitrogens with zero attached hydrogens (tertiary/aromatic N) is 1. The first-order valence-electron chi connectivity index (χ1n) is 11.5. The van der Waals surface area contributed by atoms with Crippen molar-refractivity contribution in [1.82, 2.24) is 5.43 Å². The highest BCUT2D eigenvalue weighted by molar-refractivity contribution is 9.10. The number of halogens is 1. The van der Waals surface area contributed by atoms with Crippen molar-refractivity contribution in [3.05, 3.63) is 106 Å². The third-order valence-electron chi connectivity index (χ3n) is 5.61. The lowest BCUT2D eigenvalue weighted by Gasteiger charge is -2.15. The maximum atomic E-state index is 12.4. The summed E-state index contributed by atoms with van der Waals surface area (Å²) in [6.07, 6.45) is 1.54. The zero-order chi connectivity index (χ0) is 24.9. The molecular weight excluding hydrogens is 520 g/mol. The van der Waals surface area contributed by atoms with E-state index in [9.17, 15) is 4.79 Å². The molecule has 0 saturated carbocycles. The fraction of sp³-hybridized carbons (Fsp3) is 0.103. The Kier molecular flexibility index (Phi) is 7.00. The first-order chi connectivity index (χ1) is 17.6. The third-order valence-corrected chi connectivity index (χ3v) is 6.20. The van der Waals surface area contributed by atoms with Crippen LogP contribution >= 0.6 is 15.9 Å². The number of hydrazone groups is 1. The zero-order valence-electron chi connectivity index (χ0n) is 19.5. The Balaban J connectivity index is 1.31. The van der Waals surface area contributed by atoms with E-state index >= 15 is 0 Å². The summed E-state index contributed by atoms with van der Waals surface area (Å²) in [6.45, 7) is 2.78. The monoisotopic (exact) mass is 542 g/mol. The summed E-state index contributed by atoms with van der Waals surface area (Å²) in [7, 11) is 0. The molecule has 5 rings (SSSR count). The van der Waals surface area contributed by atoms with Crippen molar-refractivity contribution in [3.63, 3.8) is 0 Å². The predicted octanol–water partition coefficient (Wildman–Crippen LogP) is 7.09. The second-order valence-corrected chi connectivity index (χ2v) is 8.89. The van der Waals surface area contributed by atoms with Gasteiger partial charge < -0.3 is 13.9 Å². The molecule has 0 saturated heterocycles. The quantitative estimate of drug-likeness (QED) is 0.168. The smallest absolute Gasteiger partial charge is 0.307 e. The summed E-state index contributed by atoms with van der Waals surface area (Å²) in [5.41, 5.74) is 4.97. The lowest BCUT2D eigenvalue weighted by atomic mass is 10.1. The Labute approximate surface area is 216 Å². The molecule has 0 aliphatic heterocycles. The van der Waals surface area contributed by atoms with Gasteiger partial charge in [-0.2, -0.15) is 5.10 Å². The third kappa shape index (κ3) is 5.11. The topological polar surface area (TPSA) is 73.1 Å². The van der Waals surface area contributed by atoms with Crippen molar-refractivity contribution in [2.45, 2.75) is 13.5 Å². The number of ether oxygens (including phenoxy) is 2. The summed E-state index contributed by atoms with van der Waals surface area (Å²) in [6, 6.07) is 27.2. The van der Waals surface area contributed by atoms with Gasteiger partial charge in [0, 0.05) is 5.39 Å². The minimum atomic E-state index is -0.429. The number of carbonyl (C=O) groups excluding carboxylic acids is 1. The van der Waals surface area contributed by atoms with Crippen LogP contribution in [0.25, 0.3) is 21.7 Å². The van der Waals surface area contributed by atoms with Gasteiger partial charge in [0.2, 0.25) is 0 Å². The van der Waals surface area contributed by atoms with Crippen molar-refractivity contribution < 1.29 is 18.7 Å². The summed E-state index contributed by atoms with van der Waals surface area (Å²) in [4.78, 5) is 12.4. The first-order valence-corrected chi connectivity index (χ1v) is 12.3. The van der Waals surface area contributed by atoms with Crippen molar-refractivity contribution in [1.29, 1.82) is 0 Å². The lowest BCUT2D eigenvalue weighted by molar-refractivity contribution is 0.0929. The molecule has 36 heavy (non-hydrogen) atoms. The Bertz CT molecular complexity index is 1540. The Hall–Kier alpha value is -4.10. The van der Waals surface area contributed by atoms with E-state index in [4.69, 9.17) is 13.9 Å². The van der Waals surface area contributed by atoms with E-state index in [2.05, 4.69) is 50.7 Å². The molecule has 1 amide bonds. The number of nitrogens with one attached hydrogen (secondary N) is 1. The van der Waals surface area contributed by atoms with E-state index in [1.807, 2.05) is 61.5 Å². The summed E-state index contributed by atoms with van der Waals surface area (Å²) >= 11 is 3.60. The summed E-state index contributed by atoms with van der Waals surface area (Å²) in [5, 5.41) is 7.26. The molecule has 5 aromatic rings. The number of para-hydroxylation sites is 1. The van der Waals surface area contributed by atoms with Crippen molar-refractivity contribution in [3.8, 4) is 11.5 Å². The van der Waals surface area contributed by atoms with E-state index in [-0.39, 0.29) is 5.76 Å². The molecule has 6 nitrogen and oxygen atoms in total. The lowest BCUT2D eigenvalue weighted by Crippen LogP contribution is -2.16. The van der Waals surface area contributed by atoms with Gasteiger partial charge in [-0.1, -0.05) is 60.7 Å². The molecule has 7 heteroatoms. The number of hydrogen-bond donors (Lipinski definition) is 1. The second-order valence-electron chi connectivity index (χ2n) is 8.04. The Morgan fingerprint density at radius 1 is 0.972 bits per heavy atom. The fourth-order valence-corrected chi connectivity index (χ4v) is 4.52. The average molecular weight is 543 g/mol. The van der Waals surface area contributed by atoms with Gasteiger partial charge in [0.15, 0.2) is 17.3 Å². The number of carbonyl (C=O) groups is 1. The van der Waals surface area contributed by atoms with Gasteiger partial charge in [0.05, 0.1) is 17.3 Å². The van der Waals surface area contributed by atoms with Gasteiger partial charge >= 0.3 is 5.91 Å². The van der Waals surface area contributed by atoms with Crippen LogP contribution in [0.2, 0.25) is 0 Å². The van der Waals surface area contributed by atoms with Crippen LogP contribution in [-0.2, 0) is 6.61 Å². The number of rotatable bonds is 8. The standard InChI is InChI=1S/C29H23BrN2O4/c1-2-34-26-15-19(17-31-32-29(33)27-16-21-9-4-6-13-25(21)36-27)14-24(30)28(26)35-18-22-11-7-10-20-8-3-5-12-23(20)22/h3-17H,2,18H2,1H3,(H,32,33)/b31-17+. The van der Waals surface area contributed by atoms with Gasteiger partial charge in [0.25, 0.3) is 0 Å². The molecule has 1 aromatic heterocycles. The summed E-state index contributed by atoms with van der Waals surface area (Å²) < 4.78 is 18.3. The molecule has 0 aliphatic rings. The van der Waals surface area contributed by atoms with E-state index in [0.29, 0.717) is 30.3 Å². The Morgan fingerprint density at radius 3 is 2.58 bits per heavy atom. The fourth-order valence-electron chi connectivity index (χ4n) is 3.95. The van der Waals surface area contributed by atoms with Crippen molar-refractivity contribution in [2.24, 2.45) is 5.10 Å². The second kappa shape index (κ2) is 10.7. The van der Waals surface area contributed by atoms with Gasteiger partial charge in [-0.3, -0.25) is 4.79 Å². The minimum Gasteiger partial charge on any atom is -0.490 e. The molecule has 0 radical (unpaired) electrons. The predicted molar refractivity (Wildman–Crippen MR) is 145 cm³/mol. The van der Waals surface area contributed by atoms with Crippen LogP contribution in [0.15, 0.2) is 98.9 Å². The van der Waals surface area contributed by atoms with Crippen molar-refractivity contribution >= 4 is 49.8 Å². The maximum absolute atomic E-state index is 12.4. The molecule has 0 atom stereocenters. The normalized spacial score (nSPS) is 11.3. The number of benzene rings is 4. The van der Waals surface area contributed by atoms with Gasteiger partial charge in [-0.05, 0) is 69.0 Å². The average Bonchev–Trinajstić information content (AvgIpc) is 3.33. The highest BCUT2D eigenvalue weighted by atomic mass is 79.9. The highest BCUT2D eigenvalue weighted by Crippen LogP contribution is 2.37. The molecule has 1 N–H and O–H groups in total. The molecule has 180 valence electrons. The van der Waals surface area contributed by atoms with Crippen LogP contribution in [0.3, 0.4) is 0 Å². The first kappa shape index (κ1) is 23.6. The SMILES string of the molecule is CCOc1cc(/C=N/NC(=O)c2cc3ccccc3o2)cc(Br)c1OCc1cccc2ccccc12. The number of amides is 1. The van der Waals surface area contributed by atoms with E-state index < -0.39 is 5.91 Å². The number of fused-ring (bicyclic) bond motifs is 2. The Morgan fingerprint density at radius 2 is 1.75 bits per heavy atom. The van der Waals surface area contributed by atoms with Crippen LogP contribution in [0.4, 0.5) is 0 Å². The molecule has 4 aromatic carbocycles. The highest BCUT2D eigenvalue weighted by Gasteiger charge is 2.14. The molecule has 0 bridgehead atoms. The van der Waals surface area contributed by atoms with Gasteiger partial charge in [-0.25, -0.2) is 5.43 Å². The molecule has 1 heterocycles. The van der Waals surface area contributed by atoms with E-state index in [1.165, 1.54) is 5.39 Å². The molecule has 0 unspecified atom stereocenters. The van der Waals surface area contributed by atoms with Crippen LogP contribution in [0.1, 0.15) is 28.6 Å². The van der Waals surface area contributed by atoms with Crippen LogP contribution in [-0.4, -0.2) is 18.7 Å². The number of furan rings is 1. The molecular formula is C29H23BrN2O4. The van der Waals surface area contributed by atoms with E-state index in [0.717, 1.165) is 26.4 Å². The molecule has 0 aliphatic carbocycles. The van der Waals surface area contributed by atoms with Crippen LogP contribution in [0, 0.1) is 0 Å². The maximum Gasteiger partial charge on any atom is 0.307 e. The largest absolute Gasteiger partial charge is 0.490 e. The van der Waals surface area contributed by atoms with Crippen molar-refractivity contribution in [2.75, 3.05) is 6.61 Å². The number of hydrogen-bond acceptors (Lipinski definition) is 5. The van der Waals surface area contributed by atoms with Gasteiger partial charge in [0.1, 0.15) is 12.2 Å². The summed E-state index contributed by atoms with van der Waals surface area (Å²) in [5.74, 6) is 0.953. The van der Waals surface area contributed by atoms with Crippen LogP contribution in [0.5, 0.6) is 11.5 Å². The zero-order valence-corrected chi connectivity index (χ0v) is 21.1. The van der Waals surface area contributed by atoms with Crippen LogP contribution < -0.4 is 14.9 Å². The molecule has 0 spiro atoms. The van der Waals surface area contributed by atoms with Gasteiger partial charge in [-0.15, -0.1) is 0 Å². The van der Waals surface area contributed by atoms with E-state index in [1.54, 1.807) is 12.3 Å².